The average molecular weight is 655 g/mol. The van der Waals surface area contributed by atoms with Crippen LogP contribution in [-0.2, 0) is 32.6 Å². The molecular formula is C33H33Cl2N3O5S. The monoisotopic (exact) mass is 653 g/mol. The second kappa shape index (κ2) is 15.1. The van der Waals surface area contributed by atoms with Crippen molar-refractivity contribution in [2.24, 2.45) is 0 Å². The number of benzene rings is 4. The molecule has 44 heavy (non-hydrogen) atoms. The number of nitrogens with zero attached hydrogens (tertiary/aromatic N) is 2. The molecule has 1 N–H and O–H groups in total. The highest BCUT2D eigenvalue weighted by atomic mass is 35.5. The van der Waals surface area contributed by atoms with E-state index in [2.05, 4.69) is 5.32 Å². The fourth-order valence-electron chi connectivity index (χ4n) is 4.68. The van der Waals surface area contributed by atoms with Crippen molar-refractivity contribution in [2.75, 3.05) is 24.5 Å². The normalized spacial score (nSPS) is 11.8. The number of hydrogen-bond donors (Lipinski definition) is 1. The van der Waals surface area contributed by atoms with Gasteiger partial charge >= 0.3 is 0 Å². The molecule has 8 nitrogen and oxygen atoms in total. The highest BCUT2D eigenvalue weighted by Crippen LogP contribution is 2.28. The molecule has 4 aromatic rings. The molecule has 0 radical (unpaired) electrons. The summed E-state index contributed by atoms with van der Waals surface area (Å²) in [6.45, 7) is 1.62. The van der Waals surface area contributed by atoms with Crippen molar-refractivity contribution in [2.45, 2.75) is 30.8 Å². The first-order valence-electron chi connectivity index (χ1n) is 13.9. The molecule has 1 atom stereocenters. The van der Waals surface area contributed by atoms with Crippen LogP contribution in [0.4, 0.5) is 5.69 Å². The second-order valence-corrected chi connectivity index (χ2v) is 12.5. The van der Waals surface area contributed by atoms with Crippen LogP contribution in [0.15, 0.2) is 108 Å². The Kier molecular flexibility index (Phi) is 11.3. The third-order valence-corrected chi connectivity index (χ3v) is 9.29. The van der Waals surface area contributed by atoms with Crippen LogP contribution in [0, 0.1) is 0 Å². The summed E-state index contributed by atoms with van der Waals surface area (Å²) in [6.07, 6.45) is 0.189. The third kappa shape index (κ3) is 8.11. The van der Waals surface area contributed by atoms with Gasteiger partial charge in [0.05, 0.1) is 17.2 Å². The van der Waals surface area contributed by atoms with E-state index in [1.807, 2.05) is 37.3 Å². The second-order valence-electron chi connectivity index (χ2n) is 9.83. The Bertz CT molecular complexity index is 1670. The number of amides is 2. The molecule has 0 saturated carbocycles. The maximum atomic E-state index is 14.3. The van der Waals surface area contributed by atoms with E-state index in [0.29, 0.717) is 33.7 Å². The topological polar surface area (TPSA) is 96.0 Å². The molecule has 0 aromatic heterocycles. The maximum absolute atomic E-state index is 14.3. The molecule has 230 valence electrons. The van der Waals surface area contributed by atoms with Crippen LogP contribution in [0.2, 0.25) is 10.0 Å². The number of nitrogens with one attached hydrogen (secondary N) is 1. The van der Waals surface area contributed by atoms with E-state index in [-0.39, 0.29) is 17.9 Å². The van der Waals surface area contributed by atoms with Gasteiger partial charge in [-0.15, -0.1) is 0 Å². The van der Waals surface area contributed by atoms with Gasteiger partial charge in [-0.3, -0.25) is 13.9 Å². The van der Waals surface area contributed by atoms with Crippen molar-refractivity contribution >= 4 is 50.7 Å². The number of anilines is 1. The van der Waals surface area contributed by atoms with E-state index >= 15 is 0 Å². The first-order chi connectivity index (χ1) is 21.1. The van der Waals surface area contributed by atoms with Gasteiger partial charge in [-0.05, 0) is 66.6 Å². The molecule has 0 spiro atoms. The molecule has 4 aromatic carbocycles. The third-order valence-electron chi connectivity index (χ3n) is 6.92. The molecule has 0 bridgehead atoms. The number of hydrogen-bond acceptors (Lipinski definition) is 5. The number of ether oxygens (including phenoxy) is 1. The molecule has 0 saturated heterocycles. The predicted molar refractivity (Wildman–Crippen MR) is 174 cm³/mol. The molecule has 11 heteroatoms. The minimum Gasteiger partial charge on any atom is -0.494 e. The van der Waals surface area contributed by atoms with Gasteiger partial charge in [0, 0.05) is 30.1 Å². The smallest absolute Gasteiger partial charge is 0.264 e. The number of para-hydroxylation sites is 1. The van der Waals surface area contributed by atoms with Crippen molar-refractivity contribution in [1.29, 1.82) is 0 Å². The SMILES string of the molecule is CCOc1ccc(S(=O)(=O)N(CC(=O)N(Cc2ccc(Cl)cc2Cl)[C@@H](Cc2ccccc2)C(=O)NC)c2ccccc2)cc1. The molecule has 0 aliphatic carbocycles. The molecule has 0 fully saturated rings. The number of sulfonamides is 1. The number of carbonyl (C=O) groups is 2. The zero-order valence-corrected chi connectivity index (χ0v) is 26.6. The van der Waals surface area contributed by atoms with Crippen molar-refractivity contribution < 1.29 is 22.7 Å². The van der Waals surface area contributed by atoms with E-state index in [4.69, 9.17) is 27.9 Å². The average Bonchev–Trinajstić information content (AvgIpc) is 3.03. The summed E-state index contributed by atoms with van der Waals surface area (Å²) >= 11 is 12.6. The molecule has 0 aliphatic rings. The van der Waals surface area contributed by atoms with Crippen LogP contribution in [-0.4, -0.2) is 51.4 Å². The fraction of sp³-hybridized carbons (Fsp3) is 0.212. The predicted octanol–water partition coefficient (Wildman–Crippen LogP) is 5.97. The Morgan fingerprint density at radius 2 is 1.52 bits per heavy atom. The largest absolute Gasteiger partial charge is 0.494 e. The Hall–Kier alpha value is -4.05. The van der Waals surface area contributed by atoms with Crippen LogP contribution in [0.3, 0.4) is 0 Å². The van der Waals surface area contributed by atoms with Crippen molar-refractivity contribution in [3.63, 3.8) is 0 Å². The first kappa shape index (κ1) is 32.9. The van der Waals surface area contributed by atoms with Gasteiger partial charge in [0.2, 0.25) is 11.8 Å². The van der Waals surface area contributed by atoms with Crippen LogP contribution in [0.1, 0.15) is 18.1 Å². The number of rotatable bonds is 13. The molecule has 0 unspecified atom stereocenters. The van der Waals surface area contributed by atoms with E-state index in [0.717, 1.165) is 9.87 Å². The molecular weight excluding hydrogens is 621 g/mol. The van der Waals surface area contributed by atoms with Gasteiger partial charge in [-0.2, -0.15) is 0 Å². The van der Waals surface area contributed by atoms with Gasteiger partial charge < -0.3 is 15.0 Å². The summed E-state index contributed by atoms with van der Waals surface area (Å²) in [5.41, 5.74) is 1.66. The molecule has 4 rings (SSSR count). The van der Waals surface area contributed by atoms with Gasteiger partial charge in [-0.1, -0.05) is 77.8 Å². The van der Waals surface area contributed by atoms with Crippen molar-refractivity contribution in [1.82, 2.24) is 10.2 Å². The minimum atomic E-state index is -4.23. The Morgan fingerprint density at radius 1 is 0.886 bits per heavy atom. The lowest BCUT2D eigenvalue weighted by atomic mass is 10.0. The van der Waals surface area contributed by atoms with Crippen molar-refractivity contribution in [3.05, 3.63) is 124 Å². The highest BCUT2D eigenvalue weighted by Gasteiger charge is 2.34. The lowest BCUT2D eigenvalue weighted by Crippen LogP contribution is -2.53. The van der Waals surface area contributed by atoms with Gasteiger partial charge in [0.1, 0.15) is 18.3 Å². The summed E-state index contributed by atoms with van der Waals surface area (Å²) in [5, 5.41) is 3.39. The Balaban J connectivity index is 1.77. The van der Waals surface area contributed by atoms with E-state index in [1.54, 1.807) is 60.7 Å². The van der Waals surface area contributed by atoms with Crippen LogP contribution in [0.25, 0.3) is 0 Å². The first-order valence-corrected chi connectivity index (χ1v) is 16.1. The summed E-state index contributed by atoms with van der Waals surface area (Å²) in [5.74, 6) is -0.485. The minimum absolute atomic E-state index is 0.0166. The van der Waals surface area contributed by atoms with E-state index < -0.39 is 34.4 Å². The summed E-state index contributed by atoms with van der Waals surface area (Å²) in [7, 11) is -2.73. The lowest BCUT2D eigenvalue weighted by Gasteiger charge is -2.33. The lowest BCUT2D eigenvalue weighted by molar-refractivity contribution is -0.139. The van der Waals surface area contributed by atoms with Gasteiger partial charge in [0.15, 0.2) is 0 Å². The van der Waals surface area contributed by atoms with Crippen LogP contribution >= 0.6 is 23.2 Å². The molecule has 2 amide bonds. The number of halogens is 2. The quantitative estimate of drug-likeness (QED) is 0.192. The molecule has 0 heterocycles. The highest BCUT2D eigenvalue weighted by molar-refractivity contribution is 7.92. The Morgan fingerprint density at radius 3 is 2.11 bits per heavy atom. The van der Waals surface area contributed by atoms with Crippen LogP contribution < -0.4 is 14.4 Å². The Labute approximate surface area is 268 Å². The number of likely N-dealkylation sites (N-methyl/N-ethyl adjacent to an activating group) is 1. The summed E-state index contributed by atoms with van der Waals surface area (Å²) < 4.78 is 34.6. The zero-order chi connectivity index (χ0) is 31.7. The van der Waals surface area contributed by atoms with Crippen LogP contribution in [0.5, 0.6) is 5.75 Å². The summed E-state index contributed by atoms with van der Waals surface area (Å²) in [4.78, 5) is 29.0. The zero-order valence-electron chi connectivity index (χ0n) is 24.3. The standard InChI is InChI=1S/C33H33Cl2N3O5S/c1-3-43-28-16-18-29(19-17-28)44(41,42)38(27-12-8-5-9-13-27)23-32(39)37(22-25-14-15-26(34)21-30(25)35)31(33(40)36-2)20-24-10-6-4-7-11-24/h4-19,21,31H,3,20,22-23H2,1-2H3,(H,36,40)/t31-/m0/s1. The number of carbonyl (C=O) groups excluding carboxylic acids is 2. The van der Waals surface area contributed by atoms with Gasteiger partial charge in [-0.25, -0.2) is 8.42 Å². The van der Waals surface area contributed by atoms with Gasteiger partial charge in [0.25, 0.3) is 10.0 Å². The van der Waals surface area contributed by atoms with E-state index in [1.165, 1.54) is 24.1 Å². The van der Waals surface area contributed by atoms with E-state index in [9.17, 15) is 18.0 Å². The summed E-state index contributed by atoms with van der Waals surface area (Å²) in [6, 6.07) is 27.5. The molecule has 0 aliphatic heterocycles. The maximum Gasteiger partial charge on any atom is 0.264 e. The fourth-order valence-corrected chi connectivity index (χ4v) is 6.56. The van der Waals surface area contributed by atoms with Crippen molar-refractivity contribution in [3.8, 4) is 5.75 Å².